The Bertz CT molecular complexity index is 473. The van der Waals surface area contributed by atoms with Crippen LogP contribution in [0.15, 0.2) is 24.3 Å². The number of hydrogen-bond acceptors (Lipinski definition) is 3. The SMILES string of the molecule is C[Si](C)(C)c1ccc(CSCCS(C)(=O)=O)cc1. The molecule has 0 heterocycles. The molecule has 1 aromatic rings. The van der Waals surface area contributed by atoms with Crippen LogP contribution in [0.5, 0.6) is 0 Å². The highest BCUT2D eigenvalue weighted by atomic mass is 32.2. The van der Waals surface area contributed by atoms with Gasteiger partial charge in [0.15, 0.2) is 0 Å². The van der Waals surface area contributed by atoms with Gasteiger partial charge in [0, 0.05) is 17.8 Å². The molecule has 0 aromatic heterocycles. The molecular formula is C13H22O2S2Si. The van der Waals surface area contributed by atoms with Crippen LogP contribution in [0.2, 0.25) is 19.6 Å². The van der Waals surface area contributed by atoms with Gasteiger partial charge >= 0.3 is 0 Å². The topological polar surface area (TPSA) is 34.1 Å². The number of hydrogen-bond donors (Lipinski definition) is 0. The minimum Gasteiger partial charge on any atom is -0.229 e. The summed E-state index contributed by atoms with van der Waals surface area (Å²) in [5.41, 5.74) is 1.27. The van der Waals surface area contributed by atoms with Gasteiger partial charge in [0.05, 0.1) is 13.8 Å². The summed E-state index contributed by atoms with van der Waals surface area (Å²) < 4.78 is 22.0. The molecule has 0 fully saturated rings. The van der Waals surface area contributed by atoms with Crippen molar-refractivity contribution in [3.63, 3.8) is 0 Å². The molecule has 5 heteroatoms. The average molecular weight is 303 g/mol. The highest BCUT2D eigenvalue weighted by molar-refractivity contribution is 7.99. The molecule has 1 aromatic carbocycles. The molecule has 0 amide bonds. The summed E-state index contributed by atoms with van der Waals surface area (Å²) in [7, 11) is -4.03. The summed E-state index contributed by atoms with van der Waals surface area (Å²) in [6, 6.07) is 8.78. The quantitative estimate of drug-likeness (QED) is 0.598. The van der Waals surface area contributed by atoms with Crippen LogP contribution in [-0.4, -0.2) is 34.3 Å². The summed E-state index contributed by atoms with van der Waals surface area (Å²) in [6.07, 6.45) is 1.29. The number of thioether (sulfide) groups is 1. The minimum atomic E-state index is -2.82. The van der Waals surface area contributed by atoms with Gasteiger partial charge in [-0.05, 0) is 5.56 Å². The van der Waals surface area contributed by atoms with Crippen molar-refractivity contribution in [1.82, 2.24) is 0 Å². The fourth-order valence-corrected chi connectivity index (χ4v) is 4.92. The Kier molecular flexibility index (Phi) is 5.49. The van der Waals surface area contributed by atoms with E-state index in [0.29, 0.717) is 5.75 Å². The normalized spacial score (nSPS) is 12.7. The van der Waals surface area contributed by atoms with Crippen LogP contribution in [0.4, 0.5) is 0 Å². The highest BCUT2D eigenvalue weighted by Gasteiger charge is 2.15. The third-order valence-electron chi connectivity index (χ3n) is 2.69. The summed E-state index contributed by atoms with van der Waals surface area (Å²) in [5, 5.41) is 1.47. The zero-order valence-electron chi connectivity index (χ0n) is 11.6. The molecule has 2 nitrogen and oxygen atoms in total. The summed E-state index contributed by atoms with van der Waals surface area (Å²) in [5.74, 6) is 1.83. The monoisotopic (exact) mass is 302 g/mol. The first-order chi connectivity index (χ1) is 8.18. The zero-order chi connectivity index (χ0) is 13.8. The smallest absolute Gasteiger partial charge is 0.148 e. The molecule has 0 aliphatic heterocycles. The lowest BCUT2D eigenvalue weighted by Crippen LogP contribution is -2.37. The molecule has 0 aliphatic rings. The molecule has 0 saturated heterocycles. The lowest BCUT2D eigenvalue weighted by Gasteiger charge is -2.16. The first-order valence-corrected chi connectivity index (χ1v) is 12.7. The van der Waals surface area contributed by atoms with Gasteiger partial charge in [0.2, 0.25) is 0 Å². The van der Waals surface area contributed by atoms with Gasteiger partial charge in [-0.1, -0.05) is 49.1 Å². The lowest BCUT2D eigenvalue weighted by molar-refractivity contribution is 0.603. The van der Waals surface area contributed by atoms with Crippen LogP contribution in [0, 0.1) is 0 Å². The van der Waals surface area contributed by atoms with E-state index in [2.05, 4.69) is 43.9 Å². The molecule has 0 aliphatic carbocycles. The van der Waals surface area contributed by atoms with Crippen LogP contribution in [0.3, 0.4) is 0 Å². The van der Waals surface area contributed by atoms with Gasteiger partial charge in [-0.25, -0.2) is 8.42 Å². The van der Waals surface area contributed by atoms with Crippen molar-refractivity contribution in [1.29, 1.82) is 0 Å². The van der Waals surface area contributed by atoms with Gasteiger partial charge in [-0.3, -0.25) is 0 Å². The van der Waals surface area contributed by atoms with Crippen LogP contribution >= 0.6 is 11.8 Å². The maximum absolute atomic E-state index is 11.0. The van der Waals surface area contributed by atoms with E-state index in [1.165, 1.54) is 17.0 Å². The van der Waals surface area contributed by atoms with E-state index in [1.54, 1.807) is 11.8 Å². The first kappa shape index (κ1) is 15.8. The van der Waals surface area contributed by atoms with Crippen LogP contribution < -0.4 is 5.19 Å². The van der Waals surface area contributed by atoms with Gasteiger partial charge in [-0.15, -0.1) is 0 Å². The van der Waals surface area contributed by atoms with Crippen molar-refractivity contribution in [2.24, 2.45) is 0 Å². The predicted octanol–water partition coefficient (Wildman–Crippen LogP) is 2.51. The van der Waals surface area contributed by atoms with Crippen molar-refractivity contribution >= 4 is 34.9 Å². The van der Waals surface area contributed by atoms with E-state index in [-0.39, 0.29) is 5.75 Å². The molecule has 0 atom stereocenters. The maximum Gasteiger partial charge on any atom is 0.148 e. The Morgan fingerprint density at radius 3 is 2.11 bits per heavy atom. The fourth-order valence-electron chi connectivity index (χ4n) is 1.50. The summed E-state index contributed by atoms with van der Waals surface area (Å²) >= 11 is 1.68. The Morgan fingerprint density at radius 2 is 1.67 bits per heavy atom. The molecule has 0 spiro atoms. The molecule has 0 bridgehead atoms. The minimum absolute atomic E-state index is 0.269. The van der Waals surface area contributed by atoms with Crippen molar-refractivity contribution in [2.75, 3.05) is 17.8 Å². The highest BCUT2D eigenvalue weighted by Crippen LogP contribution is 2.12. The van der Waals surface area contributed by atoms with Gasteiger partial charge in [0.25, 0.3) is 0 Å². The van der Waals surface area contributed by atoms with Crippen LogP contribution in [-0.2, 0) is 15.6 Å². The molecule has 0 saturated carbocycles. The maximum atomic E-state index is 11.0. The van der Waals surface area contributed by atoms with E-state index in [4.69, 9.17) is 0 Å². The van der Waals surface area contributed by atoms with Crippen molar-refractivity contribution in [3.8, 4) is 0 Å². The summed E-state index contributed by atoms with van der Waals surface area (Å²) in [6.45, 7) is 7.01. The van der Waals surface area contributed by atoms with Crippen molar-refractivity contribution in [3.05, 3.63) is 29.8 Å². The van der Waals surface area contributed by atoms with E-state index >= 15 is 0 Å². The molecule has 102 valence electrons. The molecule has 0 unspecified atom stereocenters. The predicted molar refractivity (Wildman–Crippen MR) is 85.3 cm³/mol. The molecule has 18 heavy (non-hydrogen) atoms. The third kappa shape index (κ3) is 6.07. The number of benzene rings is 1. The number of rotatable bonds is 6. The molecule has 0 radical (unpaired) electrons. The van der Waals surface area contributed by atoms with Crippen LogP contribution in [0.25, 0.3) is 0 Å². The van der Waals surface area contributed by atoms with Gasteiger partial charge in [-0.2, -0.15) is 11.8 Å². The lowest BCUT2D eigenvalue weighted by atomic mass is 10.2. The molecular weight excluding hydrogens is 280 g/mol. The first-order valence-electron chi connectivity index (χ1n) is 6.03. The second-order valence-corrected chi connectivity index (χ2v) is 14.1. The average Bonchev–Trinajstić information content (AvgIpc) is 2.22. The number of sulfone groups is 1. The Balaban J connectivity index is 2.45. The zero-order valence-corrected chi connectivity index (χ0v) is 14.2. The summed E-state index contributed by atoms with van der Waals surface area (Å²) in [4.78, 5) is 0. The van der Waals surface area contributed by atoms with E-state index in [0.717, 1.165) is 5.75 Å². The van der Waals surface area contributed by atoms with E-state index < -0.39 is 17.9 Å². The second kappa shape index (κ2) is 6.26. The standard InChI is InChI=1S/C13H22O2S2Si/c1-17(14,15)10-9-16-11-12-5-7-13(8-6-12)18(2,3)4/h5-8H,9-11H2,1-4H3. The third-order valence-corrected chi connectivity index (χ3v) is 6.99. The van der Waals surface area contributed by atoms with Crippen LogP contribution in [0.1, 0.15) is 5.56 Å². The molecule has 0 N–H and O–H groups in total. The van der Waals surface area contributed by atoms with E-state index in [1.807, 2.05) is 0 Å². The second-order valence-electron chi connectivity index (χ2n) is 5.63. The Labute approximate surface area is 116 Å². The largest absolute Gasteiger partial charge is 0.229 e. The Hall–Kier alpha value is -0.263. The van der Waals surface area contributed by atoms with Crippen molar-refractivity contribution in [2.45, 2.75) is 25.4 Å². The van der Waals surface area contributed by atoms with Crippen molar-refractivity contribution < 1.29 is 8.42 Å². The van der Waals surface area contributed by atoms with Gasteiger partial charge in [0.1, 0.15) is 9.84 Å². The van der Waals surface area contributed by atoms with E-state index in [9.17, 15) is 8.42 Å². The molecule has 1 rings (SSSR count). The van der Waals surface area contributed by atoms with Gasteiger partial charge < -0.3 is 0 Å². The fraction of sp³-hybridized carbons (Fsp3) is 0.538. The Morgan fingerprint density at radius 1 is 1.11 bits per heavy atom.